The number of aliphatic hydroxyl groups excluding tert-OH is 1. The topological polar surface area (TPSA) is 52.6 Å². The van der Waals surface area contributed by atoms with Crippen LogP contribution in [0.15, 0.2) is 18.2 Å². The fourth-order valence-electron chi connectivity index (χ4n) is 2.12. The second-order valence-corrected chi connectivity index (χ2v) is 6.52. The number of carbonyl (C=O) groups is 1. The van der Waals surface area contributed by atoms with Crippen molar-refractivity contribution in [1.82, 2.24) is 4.90 Å². The van der Waals surface area contributed by atoms with E-state index in [9.17, 15) is 9.90 Å². The fourth-order valence-corrected chi connectivity index (χ4v) is 2.12. The number of aliphatic hydroxyl groups is 1. The van der Waals surface area contributed by atoms with Crippen LogP contribution in [0, 0.1) is 12.8 Å². The molecule has 2 atom stereocenters. The molecule has 0 bridgehead atoms. The highest BCUT2D eigenvalue weighted by Gasteiger charge is 2.17. The van der Waals surface area contributed by atoms with Gasteiger partial charge in [-0.2, -0.15) is 0 Å². The molecule has 1 aromatic carbocycles. The van der Waals surface area contributed by atoms with Gasteiger partial charge >= 0.3 is 0 Å². The Morgan fingerprint density at radius 2 is 1.91 bits per heavy atom. The largest absolute Gasteiger partial charge is 0.393 e. The number of carbonyl (C=O) groups excluding carboxylic acids is 1. The number of nitrogens with one attached hydrogen (secondary N) is 1. The number of rotatable bonds is 7. The molecule has 1 amide bonds. The summed E-state index contributed by atoms with van der Waals surface area (Å²) in [6.07, 6.45) is 0.195. The van der Waals surface area contributed by atoms with Crippen molar-refractivity contribution in [2.45, 2.75) is 53.2 Å². The minimum absolute atomic E-state index is 0.000926. The Morgan fingerprint density at radius 1 is 1.27 bits per heavy atom. The van der Waals surface area contributed by atoms with Crippen LogP contribution in [0.4, 0.5) is 5.69 Å². The van der Waals surface area contributed by atoms with Gasteiger partial charge in [-0.05, 0) is 50.8 Å². The van der Waals surface area contributed by atoms with Crippen molar-refractivity contribution in [2.75, 3.05) is 18.9 Å². The van der Waals surface area contributed by atoms with Gasteiger partial charge < -0.3 is 15.3 Å². The predicted octanol–water partition coefficient (Wildman–Crippen LogP) is 3.29. The lowest BCUT2D eigenvalue weighted by Crippen LogP contribution is -2.30. The van der Waals surface area contributed by atoms with Gasteiger partial charge in [0, 0.05) is 30.9 Å². The van der Waals surface area contributed by atoms with Gasteiger partial charge in [0.25, 0.3) is 5.91 Å². The molecule has 2 unspecified atom stereocenters. The first-order valence-corrected chi connectivity index (χ1v) is 8.03. The predicted molar refractivity (Wildman–Crippen MR) is 92.4 cm³/mol. The summed E-state index contributed by atoms with van der Waals surface area (Å²) in [5, 5.41) is 12.8. The number of hydrogen-bond donors (Lipinski definition) is 2. The Balaban J connectivity index is 2.89. The summed E-state index contributed by atoms with van der Waals surface area (Å²) in [4.78, 5) is 14.2. The van der Waals surface area contributed by atoms with E-state index in [1.807, 2.05) is 25.1 Å². The summed E-state index contributed by atoms with van der Waals surface area (Å²) < 4.78 is 0. The van der Waals surface area contributed by atoms with Crippen LogP contribution < -0.4 is 5.32 Å². The molecule has 0 aliphatic carbocycles. The van der Waals surface area contributed by atoms with Crippen LogP contribution in [0.2, 0.25) is 0 Å². The third-order valence-corrected chi connectivity index (χ3v) is 4.18. The molecule has 0 aliphatic heterocycles. The Morgan fingerprint density at radius 3 is 2.45 bits per heavy atom. The van der Waals surface area contributed by atoms with E-state index < -0.39 is 6.10 Å². The van der Waals surface area contributed by atoms with E-state index in [1.54, 1.807) is 18.9 Å². The zero-order chi connectivity index (χ0) is 16.9. The first kappa shape index (κ1) is 18.5. The number of amides is 1. The number of nitrogens with zero attached hydrogens (tertiary/aromatic N) is 1. The maximum atomic E-state index is 12.6. The molecule has 2 N–H and O–H groups in total. The highest BCUT2D eigenvalue weighted by Crippen LogP contribution is 2.22. The Kier molecular flexibility index (Phi) is 6.88. The van der Waals surface area contributed by atoms with Gasteiger partial charge in [-0.25, -0.2) is 0 Å². The first-order chi connectivity index (χ1) is 10.2. The van der Waals surface area contributed by atoms with Gasteiger partial charge in [0.1, 0.15) is 0 Å². The summed E-state index contributed by atoms with van der Waals surface area (Å²) in [5.74, 6) is 0.520. The highest BCUT2D eigenvalue weighted by atomic mass is 16.3. The molecule has 0 radical (unpaired) electrons. The number of benzene rings is 1. The second-order valence-electron chi connectivity index (χ2n) is 6.52. The van der Waals surface area contributed by atoms with Crippen molar-refractivity contribution >= 4 is 11.6 Å². The van der Waals surface area contributed by atoms with E-state index in [4.69, 9.17) is 0 Å². The maximum absolute atomic E-state index is 12.6. The Labute approximate surface area is 134 Å². The van der Waals surface area contributed by atoms with E-state index in [1.165, 1.54) is 0 Å². The molecule has 0 fully saturated rings. The second kappa shape index (κ2) is 8.18. The third kappa shape index (κ3) is 5.02. The normalized spacial score (nSPS) is 13.8. The molecule has 0 saturated heterocycles. The van der Waals surface area contributed by atoms with Crippen LogP contribution in [0.3, 0.4) is 0 Å². The van der Waals surface area contributed by atoms with E-state index >= 15 is 0 Å². The van der Waals surface area contributed by atoms with Crippen molar-refractivity contribution in [2.24, 2.45) is 5.92 Å². The SMILES string of the molecule is Cc1c(NC(C)C(C)C)cccc1C(=O)N(C)CCC(C)O. The number of anilines is 1. The number of hydrogen-bond acceptors (Lipinski definition) is 3. The smallest absolute Gasteiger partial charge is 0.253 e. The minimum Gasteiger partial charge on any atom is -0.393 e. The summed E-state index contributed by atoms with van der Waals surface area (Å²) in [6, 6.07) is 6.14. The van der Waals surface area contributed by atoms with E-state index in [0.717, 1.165) is 11.3 Å². The standard InChI is InChI=1S/C18H30N2O2/c1-12(2)15(5)19-17-9-7-8-16(14(17)4)18(22)20(6)11-10-13(3)21/h7-9,12-13,15,19,21H,10-11H2,1-6H3. The minimum atomic E-state index is -0.392. The van der Waals surface area contributed by atoms with Crippen molar-refractivity contribution in [3.05, 3.63) is 29.3 Å². The van der Waals surface area contributed by atoms with E-state index in [2.05, 4.69) is 26.1 Å². The molecule has 0 heterocycles. The molecule has 0 spiro atoms. The lowest BCUT2D eigenvalue weighted by molar-refractivity contribution is 0.0768. The summed E-state index contributed by atoms with van der Waals surface area (Å²) >= 11 is 0. The summed E-state index contributed by atoms with van der Waals surface area (Å²) in [6.45, 7) is 10.8. The van der Waals surface area contributed by atoms with Gasteiger partial charge in [0.15, 0.2) is 0 Å². The van der Waals surface area contributed by atoms with Crippen molar-refractivity contribution in [3.8, 4) is 0 Å². The Bertz CT molecular complexity index is 498. The van der Waals surface area contributed by atoms with Crippen LogP contribution in [0.5, 0.6) is 0 Å². The molecule has 0 aliphatic rings. The van der Waals surface area contributed by atoms with Crippen molar-refractivity contribution in [3.63, 3.8) is 0 Å². The molecule has 1 aromatic rings. The Hall–Kier alpha value is -1.55. The summed E-state index contributed by atoms with van der Waals surface area (Å²) in [7, 11) is 1.78. The lowest BCUT2D eigenvalue weighted by Gasteiger charge is -2.23. The molecular formula is C18H30N2O2. The molecule has 1 rings (SSSR count). The molecule has 0 aromatic heterocycles. The van der Waals surface area contributed by atoms with Crippen LogP contribution in [-0.2, 0) is 0 Å². The van der Waals surface area contributed by atoms with Crippen molar-refractivity contribution in [1.29, 1.82) is 0 Å². The molecule has 4 nitrogen and oxygen atoms in total. The molecule has 4 heteroatoms. The van der Waals surface area contributed by atoms with Gasteiger partial charge in [0.2, 0.25) is 0 Å². The van der Waals surface area contributed by atoms with E-state index in [-0.39, 0.29) is 5.91 Å². The highest BCUT2D eigenvalue weighted by molar-refractivity contribution is 5.96. The van der Waals surface area contributed by atoms with Gasteiger partial charge in [-0.3, -0.25) is 4.79 Å². The fraction of sp³-hybridized carbons (Fsp3) is 0.611. The lowest BCUT2D eigenvalue weighted by atomic mass is 10.0. The van der Waals surface area contributed by atoms with Gasteiger partial charge in [-0.1, -0.05) is 19.9 Å². The van der Waals surface area contributed by atoms with Crippen LogP contribution in [0.25, 0.3) is 0 Å². The first-order valence-electron chi connectivity index (χ1n) is 8.03. The molecule has 22 heavy (non-hydrogen) atoms. The monoisotopic (exact) mass is 306 g/mol. The molecule has 124 valence electrons. The van der Waals surface area contributed by atoms with Crippen LogP contribution in [0.1, 0.15) is 50.0 Å². The average Bonchev–Trinajstić information content (AvgIpc) is 2.45. The molecule has 0 saturated carbocycles. The maximum Gasteiger partial charge on any atom is 0.253 e. The summed E-state index contributed by atoms with van der Waals surface area (Å²) in [5.41, 5.74) is 2.70. The van der Waals surface area contributed by atoms with Crippen molar-refractivity contribution < 1.29 is 9.90 Å². The van der Waals surface area contributed by atoms with Gasteiger partial charge in [-0.15, -0.1) is 0 Å². The quantitative estimate of drug-likeness (QED) is 0.812. The zero-order valence-corrected chi connectivity index (χ0v) is 14.7. The van der Waals surface area contributed by atoms with Crippen LogP contribution >= 0.6 is 0 Å². The van der Waals surface area contributed by atoms with Gasteiger partial charge in [0.05, 0.1) is 6.10 Å². The molecular weight excluding hydrogens is 276 g/mol. The average molecular weight is 306 g/mol. The van der Waals surface area contributed by atoms with Crippen LogP contribution in [-0.4, -0.2) is 41.7 Å². The zero-order valence-electron chi connectivity index (χ0n) is 14.7. The van der Waals surface area contributed by atoms with E-state index in [0.29, 0.717) is 30.5 Å². The third-order valence-electron chi connectivity index (χ3n) is 4.18.